The lowest BCUT2D eigenvalue weighted by Gasteiger charge is -2.30. The number of sulfonamides is 1. The molecule has 0 saturated heterocycles. The van der Waals surface area contributed by atoms with Crippen molar-refractivity contribution in [1.82, 2.24) is 4.72 Å². The summed E-state index contributed by atoms with van der Waals surface area (Å²) < 4.78 is 52.9. The molecule has 0 amide bonds. The molecule has 2 unspecified atom stereocenters. The molecule has 1 aliphatic rings. The first kappa shape index (κ1) is 15.3. The fourth-order valence-electron chi connectivity index (χ4n) is 2.53. The van der Waals surface area contributed by atoms with Crippen molar-refractivity contribution in [2.45, 2.75) is 36.6 Å². The fourth-order valence-corrected chi connectivity index (χ4v) is 3.91. The van der Waals surface area contributed by atoms with E-state index < -0.39 is 32.6 Å². The molecule has 7 heteroatoms. The van der Waals surface area contributed by atoms with Crippen LogP contribution in [0.25, 0.3) is 0 Å². The Bertz CT molecular complexity index is 557. The molecular weight excluding hydrogens is 288 g/mol. The number of aliphatic hydroxyl groups excluding tert-OH is 1. The highest BCUT2D eigenvalue weighted by Gasteiger charge is 2.29. The Morgan fingerprint density at radius 2 is 1.75 bits per heavy atom. The number of halogens is 2. The minimum Gasteiger partial charge on any atom is -0.396 e. The van der Waals surface area contributed by atoms with Crippen LogP contribution in [0.4, 0.5) is 8.78 Å². The van der Waals surface area contributed by atoms with Gasteiger partial charge in [0.1, 0.15) is 11.6 Å². The number of hydrogen-bond donors (Lipinski definition) is 2. The summed E-state index contributed by atoms with van der Waals surface area (Å²) in [6, 6.07) is 1.78. The third-order valence-corrected chi connectivity index (χ3v) is 5.07. The van der Waals surface area contributed by atoms with E-state index in [4.69, 9.17) is 0 Å². The molecule has 2 rings (SSSR count). The molecule has 0 aliphatic heterocycles. The maximum Gasteiger partial charge on any atom is 0.241 e. The Morgan fingerprint density at radius 1 is 1.15 bits per heavy atom. The fraction of sp³-hybridized carbons (Fsp3) is 0.538. The van der Waals surface area contributed by atoms with Gasteiger partial charge >= 0.3 is 0 Å². The molecule has 4 nitrogen and oxygen atoms in total. The Morgan fingerprint density at radius 3 is 2.35 bits per heavy atom. The lowest BCUT2D eigenvalue weighted by molar-refractivity contribution is 0.164. The molecule has 2 N–H and O–H groups in total. The normalized spacial score (nSPS) is 23.8. The molecule has 1 fully saturated rings. The molecule has 2 atom stereocenters. The van der Waals surface area contributed by atoms with Crippen LogP contribution in [0.15, 0.2) is 23.1 Å². The van der Waals surface area contributed by atoms with Crippen molar-refractivity contribution < 1.29 is 22.3 Å². The van der Waals surface area contributed by atoms with Crippen molar-refractivity contribution >= 4 is 10.0 Å². The van der Waals surface area contributed by atoms with Gasteiger partial charge in [-0.3, -0.25) is 0 Å². The van der Waals surface area contributed by atoms with E-state index in [1.807, 2.05) is 0 Å². The molecule has 1 saturated carbocycles. The number of hydrogen-bond acceptors (Lipinski definition) is 3. The molecule has 1 aliphatic carbocycles. The van der Waals surface area contributed by atoms with E-state index >= 15 is 0 Å². The average molecular weight is 305 g/mol. The first-order valence-corrected chi connectivity index (χ1v) is 8.00. The van der Waals surface area contributed by atoms with Gasteiger partial charge < -0.3 is 5.11 Å². The van der Waals surface area contributed by atoms with Crippen LogP contribution >= 0.6 is 0 Å². The Kier molecular flexibility index (Phi) is 4.72. The van der Waals surface area contributed by atoms with Gasteiger partial charge in [0, 0.05) is 18.7 Å². The SMILES string of the molecule is O=S(=O)(NC1CCCCC1CO)c1cc(F)cc(F)c1. The second-order valence-electron chi connectivity index (χ2n) is 5.06. The van der Waals surface area contributed by atoms with Crippen molar-refractivity contribution in [2.75, 3.05) is 6.61 Å². The monoisotopic (exact) mass is 305 g/mol. The van der Waals surface area contributed by atoms with Gasteiger partial charge in [0.2, 0.25) is 10.0 Å². The Balaban J connectivity index is 2.21. The van der Waals surface area contributed by atoms with Crippen LogP contribution in [-0.4, -0.2) is 26.2 Å². The zero-order valence-electron chi connectivity index (χ0n) is 10.9. The van der Waals surface area contributed by atoms with E-state index in [1.54, 1.807) is 0 Å². The largest absolute Gasteiger partial charge is 0.396 e. The molecule has 0 aromatic heterocycles. The molecule has 1 aromatic rings. The minimum atomic E-state index is -3.99. The van der Waals surface area contributed by atoms with Crippen LogP contribution in [0.3, 0.4) is 0 Å². The summed E-state index contributed by atoms with van der Waals surface area (Å²) in [5.74, 6) is -2.03. The summed E-state index contributed by atoms with van der Waals surface area (Å²) in [4.78, 5) is -0.433. The maximum atomic E-state index is 13.1. The molecule has 1 aromatic carbocycles. The van der Waals surface area contributed by atoms with Crippen molar-refractivity contribution in [3.8, 4) is 0 Å². The smallest absolute Gasteiger partial charge is 0.241 e. The van der Waals surface area contributed by atoms with E-state index in [9.17, 15) is 22.3 Å². The highest BCUT2D eigenvalue weighted by atomic mass is 32.2. The number of rotatable bonds is 4. The third-order valence-electron chi connectivity index (χ3n) is 3.60. The Labute approximate surface area is 116 Å². The highest BCUT2D eigenvalue weighted by Crippen LogP contribution is 2.25. The van der Waals surface area contributed by atoms with Crippen LogP contribution < -0.4 is 4.72 Å². The minimum absolute atomic E-state index is 0.106. The van der Waals surface area contributed by atoms with E-state index in [-0.39, 0.29) is 12.5 Å². The first-order chi connectivity index (χ1) is 9.42. The predicted molar refractivity (Wildman–Crippen MR) is 69.5 cm³/mol. The molecule has 0 bridgehead atoms. The van der Waals surface area contributed by atoms with Crippen LogP contribution in [0.5, 0.6) is 0 Å². The lowest BCUT2D eigenvalue weighted by Crippen LogP contribution is -2.43. The number of nitrogens with one attached hydrogen (secondary N) is 1. The average Bonchev–Trinajstić information content (AvgIpc) is 2.38. The number of benzene rings is 1. The van der Waals surface area contributed by atoms with Crippen molar-refractivity contribution in [3.05, 3.63) is 29.8 Å². The van der Waals surface area contributed by atoms with Crippen LogP contribution in [0.1, 0.15) is 25.7 Å². The predicted octanol–water partition coefficient (Wildman–Crippen LogP) is 1.79. The second-order valence-corrected chi connectivity index (χ2v) is 6.77. The number of aliphatic hydroxyl groups is 1. The summed E-state index contributed by atoms with van der Waals surface area (Å²) in [6.07, 6.45) is 3.16. The van der Waals surface area contributed by atoms with E-state index in [1.165, 1.54) is 0 Å². The zero-order valence-corrected chi connectivity index (χ0v) is 11.7. The molecular formula is C13H17F2NO3S. The van der Waals surface area contributed by atoms with Gasteiger partial charge in [0.15, 0.2) is 0 Å². The standard InChI is InChI=1S/C13H17F2NO3S/c14-10-5-11(15)7-12(6-10)20(18,19)16-13-4-2-1-3-9(13)8-17/h5-7,9,13,16-17H,1-4,8H2. The first-order valence-electron chi connectivity index (χ1n) is 6.51. The molecule has 0 heterocycles. The summed E-state index contributed by atoms with van der Waals surface area (Å²) in [5, 5.41) is 9.26. The van der Waals surface area contributed by atoms with E-state index in [0.717, 1.165) is 31.4 Å². The molecule has 20 heavy (non-hydrogen) atoms. The zero-order chi connectivity index (χ0) is 14.8. The molecule has 112 valence electrons. The second kappa shape index (κ2) is 6.15. The van der Waals surface area contributed by atoms with Gasteiger partial charge in [-0.25, -0.2) is 21.9 Å². The lowest BCUT2D eigenvalue weighted by atomic mass is 9.86. The highest BCUT2D eigenvalue weighted by molar-refractivity contribution is 7.89. The van der Waals surface area contributed by atoms with Gasteiger partial charge in [-0.05, 0) is 30.9 Å². The van der Waals surface area contributed by atoms with Crippen LogP contribution in [0.2, 0.25) is 0 Å². The third kappa shape index (κ3) is 3.53. The summed E-state index contributed by atoms with van der Waals surface area (Å²) in [5.41, 5.74) is 0. The van der Waals surface area contributed by atoms with Crippen LogP contribution in [-0.2, 0) is 10.0 Å². The molecule has 0 radical (unpaired) electrons. The van der Waals surface area contributed by atoms with Gasteiger partial charge in [0.05, 0.1) is 4.90 Å². The van der Waals surface area contributed by atoms with Crippen molar-refractivity contribution in [3.63, 3.8) is 0 Å². The summed E-state index contributed by atoms with van der Waals surface area (Å²) in [7, 11) is -3.99. The molecule has 0 spiro atoms. The topological polar surface area (TPSA) is 66.4 Å². The van der Waals surface area contributed by atoms with Gasteiger partial charge in [-0.1, -0.05) is 12.8 Å². The van der Waals surface area contributed by atoms with Crippen molar-refractivity contribution in [1.29, 1.82) is 0 Å². The summed E-state index contributed by atoms with van der Waals surface area (Å²) in [6.45, 7) is -0.106. The van der Waals surface area contributed by atoms with E-state index in [2.05, 4.69) is 4.72 Å². The quantitative estimate of drug-likeness (QED) is 0.891. The van der Waals surface area contributed by atoms with Crippen molar-refractivity contribution in [2.24, 2.45) is 5.92 Å². The van der Waals surface area contributed by atoms with Gasteiger partial charge in [0.25, 0.3) is 0 Å². The van der Waals surface area contributed by atoms with Gasteiger partial charge in [-0.2, -0.15) is 0 Å². The van der Waals surface area contributed by atoms with Crippen LogP contribution in [0, 0.1) is 17.6 Å². The maximum absolute atomic E-state index is 13.1. The summed E-state index contributed by atoms with van der Waals surface area (Å²) >= 11 is 0. The Hall–Kier alpha value is -1.05. The van der Waals surface area contributed by atoms with E-state index in [0.29, 0.717) is 12.5 Å². The van der Waals surface area contributed by atoms with Gasteiger partial charge in [-0.15, -0.1) is 0 Å².